The monoisotopic (exact) mass is 807 g/mol. The van der Waals surface area contributed by atoms with Crippen molar-refractivity contribution < 1.29 is 4.42 Å². The molecule has 0 aliphatic carbocycles. The van der Waals surface area contributed by atoms with Crippen molar-refractivity contribution in [3.63, 3.8) is 0 Å². The summed E-state index contributed by atoms with van der Waals surface area (Å²) in [5, 5.41) is 10.8. The molecule has 4 heterocycles. The van der Waals surface area contributed by atoms with Gasteiger partial charge in [0.05, 0.1) is 27.8 Å². The Balaban J connectivity index is 1.00. The summed E-state index contributed by atoms with van der Waals surface area (Å²) in [7, 11) is 0. The van der Waals surface area contributed by atoms with Gasteiger partial charge in [0.2, 0.25) is 0 Å². The standard InChI is InChI=1S/C57H37N5O/c1-3-15-36(16-4-1)38-27-30-43-41-19-7-11-23-48(41)61(51(43)34-38)40-29-31-44-42-20-8-12-24-49(42)62(52(44)35-40)50-25-13-9-22-46(50)57-59-55(37-17-5-2-6-18-37)58-56(60-57)39-28-32-54-47(33-39)45-21-10-14-26-53(45)63-54/h1-35,57H,(H,58,59,60). The molecule has 1 aliphatic rings. The van der Waals surface area contributed by atoms with Gasteiger partial charge in [-0.2, -0.15) is 0 Å². The fraction of sp³-hybridized carbons (Fsp3) is 0.0175. The summed E-state index contributed by atoms with van der Waals surface area (Å²) in [6.07, 6.45) is -0.450. The van der Waals surface area contributed by atoms with Crippen LogP contribution in [0.15, 0.2) is 227 Å². The number of hydrogen-bond donors (Lipinski definition) is 1. The van der Waals surface area contributed by atoms with Crippen molar-refractivity contribution in [2.75, 3.05) is 0 Å². The number of aromatic nitrogens is 2. The molecule has 1 atom stereocenters. The molecule has 13 rings (SSSR count). The molecule has 6 heteroatoms. The fourth-order valence-corrected chi connectivity index (χ4v) is 9.68. The maximum absolute atomic E-state index is 6.21. The van der Waals surface area contributed by atoms with Crippen LogP contribution >= 0.6 is 0 Å². The van der Waals surface area contributed by atoms with Crippen LogP contribution in [0, 0.1) is 0 Å². The van der Waals surface area contributed by atoms with Crippen molar-refractivity contribution in [3.05, 3.63) is 229 Å². The van der Waals surface area contributed by atoms with Gasteiger partial charge in [-0.05, 0) is 71.8 Å². The number of fused-ring (bicyclic) bond motifs is 9. The quantitative estimate of drug-likeness (QED) is 0.182. The van der Waals surface area contributed by atoms with Crippen LogP contribution in [0.1, 0.15) is 22.9 Å². The Bertz CT molecular complexity index is 3830. The molecule has 0 bridgehead atoms. The predicted octanol–water partition coefficient (Wildman–Crippen LogP) is 13.9. The van der Waals surface area contributed by atoms with Crippen molar-refractivity contribution >= 4 is 77.2 Å². The molecule has 0 fully saturated rings. The molecule has 9 aromatic carbocycles. The molecule has 0 radical (unpaired) electrons. The molecule has 0 saturated heterocycles. The van der Waals surface area contributed by atoms with E-state index in [2.05, 4.69) is 190 Å². The Morgan fingerprint density at radius 2 is 0.984 bits per heavy atom. The number of nitrogens with zero attached hydrogens (tertiary/aromatic N) is 4. The minimum atomic E-state index is -0.450. The molecule has 0 saturated carbocycles. The van der Waals surface area contributed by atoms with Crippen LogP contribution in [0.2, 0.25) is 0 Å². The van der Waals surface area contributed by atoms with Gasteiger partial charge in [0.1, 0.15) is 23.2 Å². The van der Waals surface area contributed by atoms with E-state index in [0.717, 1.165) is 66.9 Å². The smallest absolute Gasteiger partial charge is 0.159 e. The first kappa shape index (κ1) is 35.3. The lowest BCUT2D eigenvalue weighted by Crippen LogP contribution is -2.34. The lowest BCUT2D eigenvalue weighted by atomic mass is 10.0. The molecule has 1 aliphatic heterocycles. The van der Waals surface area contributed by atoms with Crippen molar-refractivity contribution in [2.24, 2.45) is 9.98 Å². The summed E-state index contributed by atoms with van der Waals surface area (Å²) >= 11 is 0. The van der Waals surface area contributed by atoms with Crippen LogP contribution < -0.4 is 5.32 Å². The van der Waals surface area contributed by atoms with E-state index in [1.807, 2.05) is 36.4 Å². The molecule has 63 heavy (non-hydrogen) atoms. The Kier molecular flexibility index (Phi) is 7.87. The van der Waals surface area contributed by atoms with Gasteiger partial charge >= 0.3 is 0 Å². The molecular formula is C57H37N5O. The highest BCUT2D eigenvalue weighted by molar-refractivity contribution is 6.16. The zero-order valence-corrected chi connectivity index (χ0v) is 34.0. The van der Waals surface area contributed by atoms with Gasteiger partial charge in [0.15, 0.2) is 5.84 Å². The summed E-state index contributed by atoms with van der Waals surface area (Å²) in [6, 6.07) is 75.2. The molecule has 1 N–H and O–H groups in total. The summed E-state index contributed by atoms with van der Waals surface area (Å²) in [5.74, 6) is 1.42. The first-order chi connectivity index (χ1) is 31.2. The third-order valence-electron chi connectivity index (χ3n) is 12.6. The zero-order valence-electron chi connectivity index (χ0n) is 34.0. The first-order valence-electron chi connectivity index (χ1n) is 21.4. The number of furan rings is 1. The van der Waals surface area contributed by atoms with Gasteiger partial charge in [-0.3, -0.25) is 0 Å². The van der Waals surface area contributed by atoms with Crippen LogP contribution in [0.5, 0.6) is 0 Å². The highest BCUT2D eigenvalue weighted by atomic mass is 16.3. The number of rotatable bonds is 6. The van der Waals surface area contributed by atoms with Gasteiger partial charge in [0, 0.05) is 54.7 Å². The van der Waals surface area contributed by atoms with E-state index in [4.69, 9.17) is 14.4 Å². The number of amidine groups is 2. The zero-order chi connectivity index (χ0) is 41.4. The second kappa shape index (κ2) is 14.0. The third-order valence-corrected chi connectivity index (χ3v) is 12.6. The van der Waals surface area contributed by atoms with Crippen LogP contribution in [0.3, 0.4) is 0 Å². The topological polar surface area (TPSA) is 59.8 Å². The summed E-state index contributed by atoms with van der Waals surface area (Å²) < 4.78 is 11.1. The largest absolute Gasteiger partial charge is 0.456 e. The number of aliphatic imine (C=N–C) groups is 2. The molecule has 6 nitrogen and oxygen atoms in total. The van der Waals surface area contributed by atoms with E-state index in [9.17, 15) is 0 Å². The maximum atomic E-state index is 6.21. The minimum absolute atomic E-state index is 0.450. The minimum Gasteiger partial charge on any atom is -0.456 e. The van der Waals surface area contributed by atoms with E-state index in [1.165, 1.54) is 43.7 Å². The van der Waals surface area contributed by atoms with Crippen molar-refractivity contribution in [3.8, 4) is 22.5 Å². The Morgan fingerprint density at radius 1 is 0.397 bits per heavy atom. The molecule has 0 amide bonds. The second-order valence-corrected chi connectivity index (χ2v) is 16.2. The second-order valence-electron chi connectivity index (χ2n) is 16.2. The third kappa shape index (κ3) is 5.65. The van der Waals surface area contributed by atoms with Gasteiger partial charge < -0.3 is 18.9 Å². The van der Waals surface area contributed by atoms with Crippen LogP contribution in [-0.2, 0) is 0 Å². The van der Waals surface area contributed by atoms with Crippen LogP contribution in [-0.4, -0.2) is 20.8 Å². The molecule has 1 unspecified atom stereocenters. The average molecular weight is 808 g/mol. The van der Waals surface area contributed by atoms with Gasteiger partial charge in [-0.1, -0.05) is 152 Å². The summed E-state index contributed by atoms with van der Waals surface area (Å²) in [4.78, 5) is 10.6. The normalized spacial score (nSPS) is 14.2. The average Bonchev–Trinajstić information content (AvgIpc) is 4.01. The lowest BCUT2D eigenvalue weighted by Gasteiger charge is -2.26. The number of hydrogen-bond acceptors (Lipinski definition) is 4. The van der Waals surface area contributed by atoms with E-state index in [1.54, 1.807) is 0 Å². The Hall–Kier alpha value is -8.48. The van der Waals surface area contributed by atoms with Crippen molar-refractivity contribution in [1.82, 2.24) is 14.5 Å². The summed E-state index contributed by atoms with van der Waals surface area (Å²) in [6.45, 7) is 0. The SMILES string of the molecule is c1ccc(C2=NC(c3ccccc3-n3c4ccccc4c4ccc(-n5c6ccccc6c6ccc(-c7ccccc7)cc65)cc43)NC(c3ccc4oc5ccccc5c4c3)=N2)cc1. The van der Waals surface area contributed by atoms with E-state index in [-0.39, 0.29) is 0 Å². The van der Waals surface area contributed by atoms with Crippen LogP contribution in [0.25, 0.3) is 88.1 Å². The van der Waals surface area contributed by atoms with Crippen LogP contribution in [0.4, 0.5) is 0 Å². The summed E-state index contributed by atoms with van der Waals surface area (Å²) in [5.41, 5.74) is 13.8. The predicted molar refractivity (Wildman–Crippen MR) is 260 cm³/mol. The van der Waals surface area contributed by atoms with E-state index < -0.39 is 6.17 Å². The Morgan fingerprint density at radius 3 is 1.78 bits per heavy atom. The van der Waals surface area contributed by atoms with Gasteiger partial charge in [-0.15, -0.1) is 0 Å². The van der Waals surface area contributed by atoms with E-state index in [0.29, 0.717) is 5.84 Å². The Labute approximate surface area is 362 Å². The van der Waals surface area contributed by atoms with E-state index >= 15 is 0 Å². The molecule has 296 valence electrons. The number of nitrogens with one attached hydrogen (secondary N) is 1. The van der Waals surface area contributed by atoms with Gasteiger partial charge in [0.25, 0.3) is 0 Å². The molecule has 3 aromatic heterocycles. The first-order valence-corrected chi connectivity index (χ1v) is 21.4. The van der Waals surface area contributed by atoms with Crippen molar-refractivity contribution in [1.29, 1.82) is 0 Å². The van der Waals surface area contributed by atoms with Gasteiger partial charge in [-0.25, -0.2) is 9.98 Å². The molecule has 12 aromatic rings. The molecular weight excluding hydrogens is 771 g/mol. The number of para-hydroxylation sites is 4. The lowest BCUT2D eigenvalue weighted by molar-refractivity contribution is 0.668. The number of benzene rings is 9. The molecule has 0 spiro atoms. The maximum Gasteiger partial charge on any atom is 0.159 e. The highest BCUT2D eigenvalue weighted by Gasteiger charge is 2.26. The highest BCUT2D eigenvalue weighted by Crippen LogP contribution is 2.40. The van der Waals surface area contributed by atoms with Crippen molar-refractivity contribution in [2.45, 2.75) is 6.17 Å². The fourth-order valence-electron chi connectivity index (χ4n) is 9.68.